The van der Waals surface area contributed by atoms with Gasteiger partial charge in [0.2, 0.25) is 0 Å². The molecule has 1 saturated heterocycles. The Hall–Kier alpha value is -0.570. The van der Waals surface area contributed by atoms with Crippen molar-refractivity contribution in [3.8, 4) is 0 Å². The number of hydrogen-bond acceptors (Lipinski definition) is 2. The Morgan fingerprint density at radius 3 is 2.55 bits per heavy atom. The van der Waals surface area contributed by atoms with Crippen molar-refractivity contribution in [3.63, 3.8) is 0 Å². The Kier molecular flexibility index (Phi) is 8.20. The SMILES string of the molecule is CCC(c1ccccc1)N(CC)CC1CCCNC1.Cl. The summed E-state index contributed by atoms with van der Waals surface area (Å²) in [4.78, 5) is 2.66. The van der Waals surface area contributed by atoms with E-state index in [1.165, 1.54) is 44.5 Å². The minimum absolute atomic E-state index is 0. The van der Waals surface area contributed by atoms with Crippen LogP contribution < -0.4 is 5.32 Å². The van der Waals surface area contributed by atoms with Crippen LogP contribution in [-0.2, 0) is 0 Å². The highest BCUT2D eigenvalue weighted by molar-refractivity contribution is 5.85. The van der Waals surface area contributed by atoms with Gasteiger partial charge in [0, 0.05) is 12.6 Å². The van der Waals surface area contributed by atoms with E-state index in [1.54, 1.807) is 0 Å². The Balaban J connectivity index is 0.00000200. The number of piperidine rings is 1. The molecule has 0 aliphatic carbocycles. The van der Waals surface area contributed by atoms with Crippen LogP contribution in [0.1, 0.15) is 44.7 Å². The summed E-state index contributed by atoms with van der Waals surface area (Å²) in [6.07, 6.45) is 3.91. The third-order valence-corrected chi connectivity index (χ3v) is 4.31. The topological polar surface area (TPSA) is 15.3 Å². The fourth-order valence-electron chi connectivity index (χ4n) is 3.27. The lowest BCUT2D eigenvalue weighted by Gasteiger charge is -2.35. The molecule has 1 aromatic carbocycles. The molecule has 1 aromatic rings. The first-order valence-corrected chi connectivity index (χ1v) is 7.84. The van der Waals surface area contributed by atoms with Crippen LogP contribution in [0.15, 0.2) is 30.3 Å². The van der Waals surface area contributed by atoms with Gasteiger partial charge in [-0.2, -0.15) is 0 Å². The highest BCUT2D eigenvalue weighted by Gasteiger charge is 2.22. The zero-order valence-electron chi connectivity index (χ0n) is 12.8. The van der Waals surface area contributed by atoms with Gasteiger partial charge in [-0.1, -0.05) is 44.2 Å². The first kappa shape index (κ1) is 17.5. The molecule has 1 N–H and O–H groups in total. The zero-order valence-corrected chi connectivity index (χ0v) is 13.7. The molecule has 0 amide bonds. The number of nitrogens with one attached hydrogen (secondary N) is 1. The van der Waals surface area contributed by atoms with Crippen molar-refractivity contribution >= 4 is 12.4 Å². The minimum atomic E-state index is 0. The molecule has 2 nitrogen and oxygen atoms in total. The molecule has 2 rings (SSSR count). The van der Waals surface area contributed by atoms with Gasteiger partial charge in [0.25, 0.3) is 0 Å². The zero-order chi connectivity index (χ0) is 13.5. The number of rotatable bonds is 6. The first-order valence-electron chi connectivity index (χ1n) is 7.84. The van der Waals surface area contributed by atoms with E-state index >= 15 is 0 Å². The average Bonchev–Trinajstić information content (AvgIpc) is 2.49. The third-order valence-electron chi connectivity index (χ3n) is 4.31. The number of hydrogen-bond donors (Lipinski definition) is 1. The summed E-state index contributed by atoms with van der Waals surface area (Å²) in [5.41, 5.74) is 1.47. The van der Waals surface area contributed by atoms with Crippen molar-refractivity contribution in [1.82, 2.24) is 10.2 Å². The molecule has 0 radical (unpaired) electrons. The van der Waals surface area contributed by atoms with E-state index in [9.17, 15) is 0 Å². The van der Waals surface area contributed by atoms with Crippen molar-refractivity contribution in [3.05, 3.63) is 35.9 Å². The summed E-state index contributed by atoms with van der Waals surface area (Å²) < 4.78 is 0. The van der Waals surface area contributed by atoms with E-state index in [4.69, 9.17) is 0 Å². The summed E-state index contributed by atoms with van der Waals surface area (Å²) in [5, 5.41) is 3.53. The minimum Gasteiger partial charge on any atom is -0.316 e. The Bertz CT molecular complexity index is 349. The molecule has 0 spiro atoms. The van der Waals surface area contributed by atoms with Crippen LogP contribution in [0.2, 0.25) is 0 Å². The molecular weight excluding hydrogens is 268 g/mol. The molecule has 0 aromatic heterocycles. The van der Waals surface area contributed by atoms with E-state index in [2.05, 4.69) is 54.4 Å². The first-order chi connectivity index (χ1) is 9.35. The molecule has 2 unspecified atom stereocenters. The van der Waals surface area contributed by atoms with Crippen molar-refractivity contribution in [2.24, 2.45) is 5.92 Å². The molecule has 1 aliphatic rings. The van der Waals surface area contributed by atoms with Crippen molar-refractivity contribution < 1.29 is 0 Å². The van der Waals surface area contributed by atoms with Crippen LogP contribution in [0.25, 0.3) is 0 Å². The van der Waals surface area contributed by atoms with E-state index in [-0.39, 0.29) is 12.4 Å². The monoisotopic (exact) mass is 296 g/mol. The van der Waals surface area contributed by atoms with Gasteiger partial charge >= 0.3 is 0 Å². The van der Waals surface area contributed by atoms with Gasteiger partial charge in [-0.05, 0) is 50.4 Å². The van der Waals surface area contributed by atoms with Crippen LogP contribution in [0.5, 0.6) is 0 Å². The van der Waals surface area contributed by atoms with E-state index in [0.717, 1.165) is 12.5 Å². The second-order valence-corrected chi connectivity index (χ2v) is 5.63. The number of halogens is 1. The lowest BCUT2D eigenvalue weighted by molar-refractivity contribution is 0.157. The lowest BCUT2D eigenvalue weighted by Crippen LogP contribution is -2.39. The fraction of sp³-hybridized carbons (Fsp3) is 0.647. The maximum absolute atomic E-state index is 3.53. The smallest absolute Gasteiger partial charge is 0.0345 e. The normalized spacial score (nSPS) is 20.4. The van der Waals surface area contributed by atoms with Gasteiger partial charge in [0.15, 0.2) is 0 Å². The summed E-state index contributed by atoms with van der Waals surface area (Å²) in [5.74, 6) is 0.825. The van der Waals surface area contributed by atoms with Gasteiger partial charge in [0.1, 0.15) is 0 Å². The maximum atomic E-state index is 3.53. The molecule has 2 atom stereocenters. The quantitative estimate of drug-likeness (QED) is 0.857. The van der Waals surface area contributed by atoms with Crippen molar-refractivity contribution in [2.45, 2.75) is 39.2 Å². The van der Waals surface area contributed by atoms with Crippen LogP contribution in [0.3, 0.4) is 0 Å². The Morgan fingerprint density at radius 1 is 1.25 bits per heavy atom. The molecule has 0 bridgehead atoms. The van der Waals surface area contributed by atoms with Crippen LogP contribution in [-0.4, -0.2) is 31.1 Å². The lowest BCUT2D eigenvalue weighted by atomic mass is 9.96. The summed E-state index contributed by atoms with van der Waals surface area (Å²) >= 11 is 0. The van der Waals surface area contributed by atoms with Crippen LogP contribution >= 0.6 is 12.4 Å². The maximum Gasteiger partial charge on any atom is 0.0345 e. The van der Waals surface area contributed by atoms with Crippen molar-refractivity contribution in [2.75, 3.05) is 26.2 Å². The predicted octanol–water partition coefficient (Wildman–Crippen LogP) is 3.88. The molecule has 3 heteroatoms. The van der Waals surface area contributed by atoms with Gasteiger partial charge in [-0.3, -0.25) is 4.90 Å². The van der Waals surface area contributed by atoms with Gasteiger partial charge in [0.05, 0.1) is 0 Å². The molecule has 1 heterocycles. The molecule has 114 valence electrons. The largest absolute Gasteiger partial charge is 0.316 e. The fourth-order valence-corrected chi connectivity index (χ4v) is 3.27. The predicted molar refractivity (Wildman–Crippen MR) is 89.6 cm³/mol. The third kappa shape index (κ3) is 4.76. The van der Waals surface area contributed by atoms with E-state index < -0.39 is 0 Å². The molecule has 0 saturated carbocycles. The van der Waals surface area contributed by atoms with Crippen molar-refractivity contribution in [1.29, 1.82) is 0 Å². The van der Waals surface area contributed by atoms with E-state index in [1.807, 2.05) is 0 Å². The standard InChI is InChI=1S/C17H28N2.ClH/c1-3-17(16-10-6-5-7-11-16)19(4-2)14-15-9-8-12-18-13-15;/h5-7,10-11,15,17-18H,3-4,8-9,12-14H2,1-2H3;1H. The molecular formula is C17H29ClN2. The number of benzene rings is 1. The Morgan fingerprint density at radius 2 is 2.00 bits per heavy atom. The Labute approximate surface area is 130 Å². The summed E-state index contributed by atoms with van der Waals surface area (Å²) in [6, 6.07) is 11.6. The highest BCUT2D eigenvalue weighted by Crippen LogP contribution is 2.25. The van der Waals surface area contributed by atoms with Gasteiger partial charge in [-0.15, -0.1) is 12.4 Å². The van der Waals surface area contributed by atoms with Crippen LogP contribution in [0.4, 0.5) is 0 Å². The van der Waals surface area contributed by atoms with Gasteiger partial charge < -0.3 is 5.32 Å². The van der Waals surface area contributed by atoms with E-state index in [0.29, 0.717) is 6.04 Å². The van der Waals surface area contributed by atoms with Gasteiger partial charge in [-0.25, -0.2) is 0 Å². The molecule has 1 aliphatic heterocycles. The summed E-state index contributed by atoms with van der Waals surface area (Å²) in [7, 11) is 0. The number of nitrogens with zero attached hydrogens (tertiary/aromatic N) is 1. The second-order valence-electron chi connectivity index (χ2n) is 5.63. The second kappa shape index (κ2) is 9.38. The van der Waals surface area contributed by atoms with Crippen LogP contribution in [0, 0.1) is 5.92 Å². The molecule has 20 heavy (non-hydrogen) atoms. The summed E-state index contributed by atoms with van der Waals surface area (Å²) in [6.45, 7) is 9.38. The average molecular weight is 297 g/mol. The molecule has 1 fully saturated rings. The highest BCUT2D eigenvalue weighted by atomic mass is 35.5.